The van der Waals surface area contributed by atoms with E-state index in [9.17, 15) is 18.3 Å². The molecule has 0 spiro atoms. The van der Waals surface area contributed by atoms with Gasteiger partial charge in [-0.3, -0.25) is 9.69 Å². The molecule has 1 atom stereocenters. The quantitative estimate of drug-likeness (QED) is 0.901. The van der Waals surface area contributed by atoms with Crippen molar-refractivity contribution in [1.29, 1.82) is 0 Å². The molecule has 0 bridgehead atoms. The number of nitrogens with zero attached hydrogens (tertiary/aromatic N) is 1. The van der Waals surface area contributed by atoms with Crippen molar-refractivity contribution in [3.63, 3.8) is 0 Å². The second-order valence-electron chi connectivity index (χ2n) is 5.93. The van der Waals surface area contributed by atoms with Crippen molar-refractivity contribution < 1.29 is 18.3 Å². The molecule has 1 unspecified atom stereocenters. The van der Waals surface area contributed by atoms with Gasteiger partial charge in [0.15, 0.2) is 0 Å². The van der Waals surface area contributed by atoms with E-state index in [1.54, 1.807) is 54.6 Å². The summed E-state index contributed by atoms with van der Waals surface area (Å²) in [5.74, 6) is -0.796. The summed E-state index contributed by atoms with van der Waals surface area (Å²) in [6.45, 7) is 1.27. The topological polar surface area (TPSA) is 74.7 Å². The summed E-state index contributed by atoms with van der Waals surface area (Å²) in [5, 5.41) is 9.22. The molecule has 1 aliphatic rings. The molecule has 0 amide bonds. The van der Waals surface area contributed by atoms with Crippen LogP contribution in [0, 0.1) is 0 Å². The molecule has 6 heteroatoms. The molecular weight excluding hydrogens is 326 g/mol. The molecule has 126 valence electrons. The highest BCUT2D eigenvalue weighted by atomic mass is 32.2. The third-order valence-electron chi connectivity index (χ3n) is 4.32. The van der Waals surface area contributed by atoms with Crippen molar-refractivity contribution in [3.05, 3.63) is 60.2 Å². The molecule has 1 N–H and O–H groups in total. The van der Waals surface area contributed by atoms with Crippen LogP contribution < -0.4 is 0 Å². The van der Waals surface area contributed by atoms with Gasteiger partial charge in [0.2, 0.25) is 9.84 Å². The van der Waals surface area contributed by atoms with Crippen LogP contribution in [0.2, 0.25) is 0 Å². The molecule has 0 radical (unpaired) electrons. The second kappa shape index (κ2) is 6.75. The molecule has 24 heavy (non-hydrogen) atoms. The van der Waals surface area contributed by atoms with Crippen LogP contribution in [-0.4, -0.2) is 37.0 Å². The lowest BCUT2D eigenvalue weighted by Gasteiger charge is -2.21. The van der Waals surface area contributed by atoms with E-state index in [1.165, 1.54) is 0 Å². The van der Waals surface area contributed by atoms with Crippen molar-refractivity contribution in [1.82, 2.24) is 4.90 Å². The van der Waals surface area contributed by atoms with Crippen LogP contribution >= 0.6 is 0 Å². The van der Waals surface area contributed by atoms with Gasteiger partial charge in [0.1, 0.15) is 6.04 Å². The van der Waals surface area contributed by atoms with Gasteiger partial charge in [-0.05, 0) is 49.2 Å². The van der Waals surface area contributed by atoms with Crippen molar-refractivity contribution in [2.45, 2.75) is 35.2 Å². The summed E-state index contributed by atoms with van der Waals surface area (Å²) < 4.78 is 25.1. The Labute approximate surface area is 141 Å². The van der Waals surface area contributed by atoms with Crippen LogP contribution in [0.5, 0.6) is 0 Å². The van der Waals surface area contributed by atoms with Crippen molar-refractivity contribution >= 4 is 15.8 Å². The van der Waals surface area contributed by atoms with Crippen LogP contribution in [0.4, 0.5) is 0 Å². The molecule has 0 aliphatic carbocycles. The minimum Gasteiger partial charge on any atom is -0.480 e. The van der Waals surface area contributed by atoms with Gasteiger partial charge in [-0.2, -0.15) is 0 Å². The first-order valence-electron chi connectivity index (χ1n) is 7.84. The van der Waals surface area contributed by atoms with Gasteiger partial charge in [0.05, 0.1) is 9.79 Å². The lowest BCUT2D eigenvalue weighted by molar-refractivity contribution is -0.142. The second-order valence-corrected chi connectivity index (χ2v) is 7.88. The Morgan fingerprint density at radius 3 is 2.29 bits per heavy atom. The van der Waals surface area contributed by atoms with Crippen LogP contribution in [0.25, 0.3) is 0 Å². The van der Waals surface area contributed by atoms with E-state index >= 15 is 0 Å². The average Bonchev–Trinajstić information content (AvgIpc) is 3.04. The molecular formula is C18H19NO4S. The first-order valence-corrected chi connectivity index (χ1v) is 9.33. The van der Waals surface area contributed by atoms with E-state index in [1.807, 2.05) is 4.90 Å². The zero-order chi connectivity index (χ0) is 17.2. The Hall–Kier alpha value is -2.18. The summed E-state index contributed by atoms with van der Waals surface area (Å²) in [4.78, 5) is 13.7. The highest BCUT2D eigenvalue weighted by molar-refractivity contribution is 7.91. The first-order chi connectivity index (χ1) is 11.5. The third kappa shape index (κ3) is 3.34. The zero-order valence-electron chi connectivity index (χ0n) is 13.1. The number of hydrogen-bond donors (Lipinski definition) is 1. The molecule has 1 aliphatic heterocycles. The van der Waals surface area contributed by atoms with Crippen LogP contribution in [0.3, 0.4) is 0 Å². The maximum Gasteiger partial charge on any atom is 0.320 e. The average molecular weight is 345 g/mol. The van der Waals surface area contributed by atoms with E-state index in [0.29, 0.717) is 13.0 Å². The smallest absolute Gasteiger partial charge is 0.320 e. The molecule has 0 aromatic heterocycles. The summed E-state index contributed by atoms with van der Waals surface area (Å²) in [7, 11) is -3.51. The van der Waals surface area contributed by atoms with Gasteiger partial charge in [-0.1, -0.05) is 30.3 Å². The fourth-order valence-electron chi connectivity index (χ4n) is 3.04. The van der Waals surface area contributed by atoms with Crippen LogP contribution in [0.1, 0.15) is 18.4 Å². The summed E-state index contributed by atoms with van der Waals surface area (Å²) in [6, 6.07) is 14.6. The van der Waals surface area contributed by atoms with E-state index < -0.39 is 21.8 Å². The monoisotopic (exact) mass is 345 g/mol. The number of benzene rings is 2. The largest absolute Gasteiger partial charge is 0.480 e. The molecule has 2 aromatic carbocycles. The summed E-state index contributed by atoms with van der Waals surface area (Å²) >= 11 is 0. The first kappa shape index (κ1) is 16.7. The van der Waals surface area contributed by atoms with Gasteiger partial charge in [0.25, 0.3) is 0 Å². The molecule has 5 nitrogen and oxygen atoms in total. The van der Waals surface area contributed by atoms with Crippen LogP contribution in [-0.2, 0) is 21.2 Å². The Morgan fingerprint density at radius 2 is 1.67 bits per heavy atom. The van der Waals surface area contributed by atoms with Crippen molar-refractivity contribution in [2.75, 3.05) is 6.54 Å². The zero-order valence-corrected chi connectivity index (χ0v) is 13.9. The number of sulfone groups is 1. The number of hydrogen-bond acceptors (Lipinski definition) is 4. The number of carbonyl (C=O) groups is 1. The van der Waals surface area contributed by atoms with E-state index in [0.717, 1.165) is 18.5 Å². The lowest BCUT2D eigenvalue weighted by Crippen LogP contribution is -2.35. The third-order valence-corrected chi connectivity index (χ3v) is 6.11. The Balaban J connectivity index is 1.78. The number of rotatable bonds is 5. The fraction of sp³-hybridized carbons (Fsp3) is 0.278. The Morgan fingerprint density at radius 1 is 1.04 bits per heavy atom. The van der Waals surface area contributed by atoms with Crippen LogP contribution in [0.15, 0.2) is 64.4 Å². The highest BCUT2D eigenvalue weighted by Crippen LogP contribution is 2.23. The molecule has 2 aromatic rings. The highest BCUT2D eigenvalue weighted by Gasteiger charge is 2.30. The molecule has 1 heterocycles. The SMILES string of the molecule is O=C(O)C1CCCN1Cc1ccc(S(=O)(=O)c2ccccc2)cc1. The van der Waals surface area contributed by atoms with E-state index in [4.69, 9.17) is 0 Å². The number of aliphatic carboxylic acids is 1. The minimum absolute atomic E-state index is 0.244. The van der Waals surface area contributed by atoms with E-state index in [2.05, 4.69) is 0 Å². The van der Waals surface area contributed by atoms with E-state index in [-0.39, 0.29) is 9.79 Å². The number of carboxylic acids is 1. The predicted molar refractivity (Wildman–Crippen MR) is 89.4 cm³/mol. The van der Waals surface area contributed by atoms with Gasteiger partial charge in [-0.15, -0.1) is 0 Å². The molecule has 3 rings (SSSR count). The van der Waals surface area contributed by atoms with Gasteiger partial charge < -0.3 is 5.11 Å². The molecule has 1 fully saturated rings. The predicted octanol–water partition coefficient (Wildman–Crippen LogP) is 2.57. The minimum atomic E-state index is -3.51. The number of likely N-dealkylation sites (tertiary alicyclic amines) is 1. The number of carboxylic acid groups (broad SMARTS) is 1. The summed E-state index contributed by atoms with van der Waals surface area (Å²) in [6.07, 6.45) is 1.53. The maximum absolute atomic E-state index is 12.5. The van der Waals surface area contributed by atoms with Gasteiger partial charge in [0, 0.05) is 6.54 Å². The Kier molecular flexibility index (Phi) is 4.69. The normalized spacial score (nSPS) is 18.6. The maximum atomic E-state index is 12.5. The van der Waals surface area contributed by atoms with Gasteiger partial charge in [-0.25, -0.2) is 8.42 Å². The molecule has 0 saturated carbocycles. The van der Waals surface area contributed by atoms with Crippen molar-refractivity contribution in [3.8, 4) is 0 Å². The Bertz CT molecular complexity index is 816. The fourth-order valence-corrected chi connectivity index (χ4v) is 4.32. The standard InChI is InChI=1S/C18H19NO4S/c20-18(21)17-7-4-12-19(17)13-14-8-10-16(11-9-14)24(22,23)15-5-2-1-3-6-15/h1-3,5-6,8-11,17H,4,7,12-13H2,(H,20,21). The summed E-state index contributed by atoms with van der Waals surface area (Å²) in [5.41, 5.74) is 0.912. The van der Waals surface area contributed by atoms with Gasteiger partial charge >= 0.3 is 5.97 Å². The lowest BCUT2D eigenvalue weighted by atomic mass is 10.2. The molecule has 1 saturated heterocycles. The van der Waals surface area contributed by atoms with Crippen molar-refractivity contribution in [2.24, 2.45) is 0 Å².